The molecule has 1 unspecified atom stereocenters. The number of carbonyl (C=O) groups excluding carboxylic acids is 1. The van der Waals surface area contributed by atoms with Crippen molar-refractivity contribution < 1.29 is 9.53 Å². The minimum Gasteiger partial charge on any atom is -0.465 e. The lowest BCUT2D eigenvalue weighted by Gasteiger charge is -2.40. The molecule has 1 rings (SSSR count). The van der Waals surface area contributed by atoms with Gasteiger partial charge in [-0.2, -0.15) is 0 Å². The summed E-state index contributed by atoms with van der Waals surface area (Å²) in [7, 11) is 0. The fraction of sp³-hybridized carbons (Fsp3) is 0.929. The summed E-state index contributed by atoms with van der Waals surface area (Å²) in [5.74, 6) is -0.121. The zero-order chi connectivity index (χ0) is 13.5. The number of likely N-dealkylation sites (tertiary alicyclic amines) is 1. The molecule has 3 atom stereocenters. The van der Waals surface area contributed by atoms with Crippen LogP contribution in [0.4, 0.5) is 0 Å². The van der Waals surface area contributed by atoms with E-state index in [-0.39, 0.29) is 12.0 Å². The van der Waals surface area contributed by atoms with Gasteiger partial charge in [-0.3, -0.25) is 9.69 Å². The van der Waals surface area contributed by atoms with E-state index in [0.717, 1.165) is 13.1 Å². The fourth-order valence-electron chi connectivity index (χ4n) is 2.76. The molecule has 1 heterocycles. The lowest BCUT2D eigenvalue weighted by molar-refractivity contribution is -0.146. The summed E-state index contributed by atoms with van der Waals surface area (Å²) in [6.45, 7) is 10.4. The van der Waals surface area contributed by atoms with Crippen LogP contribution in [0.2, 0.25) is 0 Å². The SMILES string of the molecule is CCNC(CN1[C@H](C)CCC[C@@H]1C)C(=O)OCC. The van der Waals surface area contributed by atoms with Crippen LogP contribution in [-0.4, -0.2) is 48.7 Å². The molecule has 0 aromatic rings. The molecule has 4 nitrogen and oxygen atoms in total. The van der Waals surface area contributed by atoms with Crippen molar-refractivity contribution in [1.82, 2.24) is 10.2 Å². The Hall–Kier alpha value is -0.610. The Morgan fingerprint density at radius 1 is 1.33 bits per heavy atom. The number of rotatable bonds is 6. The summed E-state index contributed by atoms with van der Waals surface area (Å²) in [6.07, 6.45) is 3.75. The third-order valence-electron chi connectivity index (χ3n) is 3.79. The van der Waals surface area contributed by atoms with Crippen LogP contribution in [0.5, 0.6) is 0 Å². The van der Waals surface area contributed by atoms with E-state index in [4.69, 9.17) is 4.74 Å². The Bertz CT molecular complexity index is 248. The van der Waals surface area contributed by atoms with Crippen LogP contribution in [0.25, 0.3) is 0 Å². The highest BCUT2D eigenvalue weighted by Crippen LogP contribution is 2.22. The van der Waals surface area contributed by atoms with Crippen LogP contribution in [-0.2, 0) is 9.53 Å². The minimum absolute atomic E-state index is 0.121. The van der Waals surface area contributed by atoms with E-state index >= 15 is 0 Å². The van der Waals surface area contributed by atoms with Gasteiger partial charge in [-0.15, -0.1) is 0 Å². The van der Waals surface area contributed by atoms with Gasteiger partial charge >= 0.3 is 5.97 Å². The number of ether oxygens (including phenoxy) is 1. The van der Waals surface area contributed by atoms with Gasteiger partial charge in [-0.05, 0) is 40.2 Å². The summed E-state index contributed by atoms with van der Waals surface area (Å²) in [5, 5.41) is 3.24. The topological polar surface area (TPSA) is 41.6 Å². The number of esters is 1. The Morgan fingerprint density at radius 3 is 2.44 bits per heavy atom. The van der Waals surface area contributed by atoms with E-state index in [2.05, 4.69) is 24.1 Å². The Kier molecular flexibility index (Phi) is 6.65. The first-order valence-corrected chi connectivity index (χ1v) is 7.25. The molecular weight excluding hydrogens is 228 g/mol. The number of piperidine rings is 1. The summed E-state index contributed by atoms with van der Waals surface area (Å²) in [5.41, 5.74) is 0. The van der Waals surface area contributed by atoms with Gasteiger partial charge in [-0.25, -0.2) is 0 Å². The molecule has 0 saturated carbocycles. The van der Waals surface area contributed by atoms with Crippen LogP contribution >= 0.6 is 0 Å². The van der Waals surface area contributed by atoms with Crippen molar-refractivity contribution in [1.29, 1.82) is 0 Å². The molecule has 1 aliphatic heterocycles. The lowest BCUT2D eigenvalue weighted by atomic mass is 9.97. The Labute approximate surface area is 111 Å². The van der Waals surface area contributed by atoms with Crippen LogP contribution in [0, 0.1) is 0 Å². The maximum Gasteiger partial charge on any atom is 0.324 e. The third-order valence-corrected chi connectivity index (χ3v) is 3.79. The largest absolute Gasteiger partial charge is 0.465 e. The van der Waals surface area contributed by atoms with E-state index in [1.54, 1.807) is 0 Å². The van der Waals surface area contributed by atoms with Gasteiger partial charge < -0.3 is 10.1 Å². The molecule has 1 saturated heterocycles. The molecule has 106 valence electrons. The second-order valence-corrected chi connectivity index (χ2v) is 5.19. The molecule has 1 N–H and O–H groups in total. The number of nitrogens with zero attached hydrogens (tertiary/aromatic N) is 1. The molecule has 1 aliphatic rings. The van der Waals surface area contributed by atoms with Crippen LogP contribution in [0.3, 0.4) is 0 Å². The van der Waals surface area contributed by atoms with Crippen molar-refractivity contribution in [2.45, 2.75) is 65.1 Å². The molecule has 0 aromatic heterocycles. The summed E-state index contributed by atoms with van der Waals surface area (Å²) < 4.78 is 5.14. The average Bonchev–Trinajstić information content (AvgIpc) is 2.33. The normalized spacial score (nSPS) is 26.9. The van der Waals surface area contributed by atoms with Gasteiger partial charge in [0.15, 0.2) is 0 Å². The quantitative estimate of drug-likeness (QED) is 0.736. The number of hydrogen-bond donors (Lipinski definition) is 1. The van der Waals surface area contributed by atoms with Gasteiger partial charge in [-0.1, -0.05) is 13.3 Å². The van der Waals surface area contributed by atoms with Gasteiger partial charge in [0, 0.05) is 18.6 Å². The smallest absolute Gasteiger partial charge is 0.324 e. The molecule has 0 spiro atoms. The Balaban J connectivity index is 2.60. The predicted octanol–water partition coefficient (Wildman–Crippen LogP) is 1.79. The molecule has 1 fully saturated rings. The van der Waals surface area contributed by atoms with E-state index < -0.39 is 0 Å². The number of carbonyl (C=O) groups is 1. The minimum atomic E-state index is -0.196. The highest BCUT2D eigenvalue weighted by atomic mass is 16.5. The molecule has 0 bridgehead atoms. The van der Waals surface area contributed by atoms with Crippen molar-refractivity contribution in [3.05, 3.63) is 0 Å². The highest BCUT2D eigenvalue weighted by molar-refractivity contribution is 5.76. The Morgan fingerprint density at radius 2 is 1.94 bits per heavy atom. The van der Waals surface area contributed by atoms with E-state index in [1.807, 2.05) is 13.8 Å². The summed E-state index contributed by atoms with van der Waals surface area (Å²) in [6, 6.07) is 0.923. The second-order valence-electron chi connectivity index (χ2n) is 5.19. The molecule has 0 radical (unpaired) electrons. The lowest BCUT2D eigenvalue weighted by Crippen LogP contribution is -2.53. The molecule has 18 heavy (non-hydrogen) atoms. The van der Waals surface area contributed by atoms with Crippen LogP contribution in [0.1, 0.15) is 47.0 Å². The first-order chi connectivity index (χ1) is 8.60. The first-order valence-electron chi connectivity index (χ1n) is 7.25. The van der Waals surface area contributed by atoms with E-state index in [0.29, 0.717) is 18.7 Å². The van der Waals surface area contributed by atoms with Gasteiger partial charge in [0.2, 0.25) is 0 Å². The summed E-state index contributed by atoms with van der Waals surface area (Å²) >= 11 is 0. The van der Waals surface area contributed by atoms with E-state index in [9.17, 15) is 4.79 Å². The first kappa shape index (κ1) is 15.4. The van der Waals surface area contributed by atoms with Gasteiger partial charge in [0.1, 0.15) is 6.04 Å². The third kappa shape index (κ3) is 4.25. The van der Waals surface area contributed by atoms with Crippen molar-refractivity contribution in [3.8, 4) is 0 Å². The number of nitrogens with one attached hydrogen (secondary N) is 1. The van der Waals surface area contributed by atoms with Gasteiger partial charge in [0.05, 0.1) is 6.61 Å². The zero-order valence-electron chi connectivity index (χ0n) is 12.2. The zero-order valence-corrected chi connectivity index (χ0v) is 12.2. The molecule has 4 heteroatoms. The van der Waals surface area contributed by atoms with Crippen molar-refractivity contribution >= 4 is 5.97 Å². The number of hydrogen-bond acceptors (Lipinski definition) is 4. The average molecular weight is 256 g/mol. The van der Waals surface area contributed by atoms with Crippen LogP contribution in [0.15, 0.2) is 0 Å². The van der Waals surface area contributed by atoms with Crippen LogP contribution < -0.4 is 5.32 Å². The molecule has 0 aliphatic carbocycles. The van der Waals surface area contributed by atoms with Gasteiger partial charge in [0.25, 0.3) is 0 Å². The maximum atomic E-state index is 11.9. The monoisotopic (exact) mass is 256 g/mol. The summed E-state index contributed by atoms with van der Waals surface area (Å²) in [4.78, 5) is 14.3. The fourth-order valence-corrected chi connectivity index (χ4v) is 2.76. The molecular formula is C14H28N2O2. The maximum absolute atomic E-state index is 11.9. The van der Waals surface area contributed by atoms with Crippen molar-refractivity contribution in [2.75, 3.05) is 19.7 Å². The molecule has 0 amide bonds. The van der Waals surface area contributed by atoms with Crippen molar-refractivity contribution in [3.63, 3.8) is 0 Å². The number of likely N-dealkylation sites (N-methyl/N-ethyl adjacent to an activating group) is 1. The highest BCUT2D eigenvalue weighted by Gasteiger charge is 2.29. The standard InChI is InChI=1S/C14H28N2O2/c1-5-15-13(14(17)18-6-2)10-16-11(3)8-7-9-12(16)4/h11-13,15H,5-10H2,1-4H3/t11-,12+,13?. The predicted molar refractivity (Wildman–Crippen MR) is 73.6 cm³/mol. The van der Waals surface area contributed by atoms with Crippen molar-refractivity contribution in [2.24, 2.45) is 0 Å². The second kappa shape index (κ2) is 7.74. The molecule has 0 aromatic carbocycles. The van der Waals surface area contributed by atoms with E-state index in [1.165, 1.54) is 19.3 Å².